The van der Waals surface area contributed by atoms with Crippen molar-refractivity contribution in [3.05, 3.63) is 35.9 Å². The van der Waals surface area contributed by atoms with Crippen molar-refractivity contribution in [2.24, 2.45) is 5.73 Å². The van der Waals surface area contributed by atoms with Crippen LogP contribution < -0.4 is 11.1 Å². The van der Waals surface area contributed by atoms with E-state index in [1.165, 1.54) is 5.56 Å². The van der Waals surface area contributed by atoms with Crippen LogP contribution in [0.3, 0.4) is 0 Å². The number of rotatable bonds is 8. The van der Waals surface area contributed by atoms with Crippen molar-refractivity contribution in [1.29, 1.82) is 0 Å². The molecule has 94 valence electrons. The van der Waals surface area contributed by atoms with Gasteiger partial charge in [-0.05, 0) is 31.4 Å². The van der Waals surface area contributed by atoms with Crippen molar-refractivity contribution >= 4 is 5.91 Å². The van der Waals surface area contributed by atoms with Gasteiger partial charge in [-0.25, -0.2) is 0 Å². The number of nitrogens with one attached hydrogen (secondary N) is 1. The maximum Gasteiger partial charge on any atom is 0.247 e. The number of carbonyl (C=O) groups is 1. The number of aliphatic hydroxyl groups excluding tert-OH is 1. The monoisotopic (exact) mass is 236 g/mol. The first kappa shape index (κ1) is 13.7. The molecule has 0 aliphatic rings. The van der Waals surface area contributed by atoms with Crippen LogP contribution in [-0.2, 0) is 11.2 Å². The quantitative estimate of drug-likeness (QED) is 0.573. The molecule has 4 heteroatoms. The first-order valence-electron chi connectivity index (χ1n) is 5.92. The number of hydrogen-bond donors (Lipinski definition) is 3. The van der Waals surface area contributed by atoms with Crippen molar-refractivity contribution in [3.8, 4) is 0 Å². The third-order valence-corrected chi connectivity index (χ3v) is 2.58. The van der Waals surface area contributed by atoms with Gasteiger partial charge >= 0.3 is 0 Å². The van der Waals surface area contributed by atoms with Gasteiger partial charge in [-0.1, -0.05) is 30.3 Å². The van der Waals surface area contributed by atoms with Gasteiger partial charge in [0.15, 0.2) is 0 Å². The average molecular weight is 236 g/mol. The lowest BCUT2D eigenvalue weighted by Gasteiger charge is -2.08. The molecule has 0 aliphatic carbocycles. The summed E-state index contributed by atoms with van der Waals surface area (Å²) in [7, 11) is 0. The number of unbranched alkanes of at least 4 members (excludes halogenated alkanes) is 1. The lowest BCUT2D eigenvalue weighted by atomic mass is 10.1. The molecule has 4 N–H and O–H groups in total. The molecule has 0 radical (unpaired) electrons. The summed E-state index contributed by atoms with van der Waals surface area (Å²) >= 11 is 0. The maximum absolute atomic E-state index is 10.5. The summed E-state index contributed by atoms with van der Waals surface area (Å²) in [5.41, 5.74) is 6.26. The maximum atomic E-state index is 10.5. The number of aliphatic hydroxyl groups is 1. The lowest BCUT2D eigenvalue weighted by molar-refractivity contribution is -0.125. The molecule has 1 rings (SSSR count). The molecule has 1 atom stereocenters. The highest BCUT2D eigenvalue weighted by molar-refractivity contribution is 5.78. The topological polar surface area (TPSA) is 75.4 Å². The highest BCUT2D eigenvalue weighted by Crippen LogP contribution is 2.03. The van der Waals surface area contributed by atoms with Gasteiger partial charge in [-0.3, -0.25) is 4.79 Å². The fourth-order valence-electron chi connectivity index (χ4n) is 1.56. The molecule has 17 heavy (non-hydrogen) atoms. The molecule has 1 unspecified atom stereocenters. The van der Waals surface area contributed by atoms with E-state index in [0.29, 0.717) is 0 Å². The van der Waals surface area contributed by atoms with Gasteiger partial charge in [0, 0.05) is 6.54 Å². The smallest absolute Gasteiger partial charge is 0.247 e. The van der Waals surface area contributed by atoms with Gasteiger partial charge < -0.3 is 16.2 Å². The van der Waals surface area contributed by atoms with Gasteiger partial charge in [0.2, 0.25) is 5.91 Å². The van der Waals surface area contributed by atoms with E-state index in [-0.39, 0.29) is 6.54 Å². The number of hydrogen-bond acceptors (Lipinski definition) is 3. The second-order valence-corrected chi connectivity index (χ2v) is 4.06. The van der Waals surface area contributed by atoms with Crippen molar-refractivity contribution in [1.82, 2.24) is 5.32 Å². The molecule has 0 saturated heterocycles. The standard InChI is InChI=1S/C13H20N2O2/c14-13(17)12(16)10-15-9-5-4-8-11-6-2-1-3-7-11/h1-3,6-7,12,15-16H,4-5,8-10H2,(H2,14,17). The second kappa shape index (κ2) is 7.81. The third kappa shape index (κ3) is 6.04. The minimum atomic E-state index is -1.08. The molecule has 1 amide bonds. The third-order valence-electron chi connectivity index (χ3n) is 2.58. The Balaban J connectivity index is 2.00. The average Bonchev–Trinajstić information content (AvgIpc) is 2.34. The molecule has 0 heterocycles. The Hall–Kier alpha value is -1.39. The molecular weight excluding hydrogens is 216 g/mol. The first-order valence-corrected chi connectivity index (χ1v) is 5.92. The Morgan fingerprint density at radius 2 is 2.00 bits per heavy atom. The molecule has 0 aliphatic heterocycles. The predicted octanol–water partition coefficient (Wildman–Crippen LogP) is 0.445. The molecule has 0 spiro atoms. The fraction of sp³-hybridized carbons (Fsp3) is 0.462. The van der Waals surface area contributed by atoms with Gasteiger partial charge in [0.1, 0.15) is 6.10 Å². The zero-order valence-electron chi connectivity index (χ0n) is 9.93. The zero-order chi connectivity index (χ0) is 12.5. The number of primary amides is 1. The SMILES string of the molecule is NC(=O)C(O)CNCCCCc1ccccc1. The van der Waals surface area contributed by atoms with E-state index in [0.717, 1.165) is 25.8 Å². The summed E-state index contributed by atoms with van der Waals surface area (Å²) < 4.78 is 0. The number of benzene rings is 1. The summed E-state index contributed by atoms with van der Waals surface area (Å²) in [4.78, 5) is 10.5. The van der Waals surface area contributed by atoms with E-state index in [2.05, 4.69) is 17.4 Å². The molecule has 1 aromatic carbocycles. The van der Waals surface area contributed by atoms with Crippen molar-refractivity contribution < 1.29 is 9.90 Å². The van der Waals surface area contributed by atoms with Crippen molar-refractivity contribution in [3.63, 3.8) is 0 Å². The van der Waals surface area contributed by atoms with Crippen molar-refractivity contribution in [2.75, 3.05) is 13.1 Å². The lowest BCUT2D eigenvalue weighted by Crippen LogP contribution is -2.37. The Labute approximate surface area is 102 Å². The van der Waals surface area contributed by atoms with Crippen LogP contribution in [0.5, 0.6) is 0 Å². The Morgan fingerprint density at radius 3 is 2.65 bits per heavy atom. The van der Waals surface area contributed by atoms with Gasteiger partial charge in [0.25, 0.3) is 0 Å². The van der Waals surface area contributed by atoms with Gasteiger partial charge in [-0.2, -0.15) is 0 Å². The van der Waals surface area contributed by atoms with Crippen LogP contribution >= 0.6 is 0 Å². The van der Waals surface area contributed by atoms with E-state index in [9.17, 15) is 4.79 Å². The largest absolute Gasteiger partial charge is 0.382 e. The van der Waals surface area contributed by atoms with E-state index in [1.54, 1.807) is 0 Å². The summed E-state index contributed by atoms with van der Waals surface area (Å²) in [6.45, 7) is 1.03. The van der Waals surface area contributed by atoms with Crippen LogP contribution in [0.25, 0.3) is 0 Å². The van der Waals surface area contributed by atoms with Crippen LogP contribution in [0.1, 0.15) is 18.4 Å². The fourth-order valence-corrected chi connectivity index (χ4v) is 1.56. The van der Waals surface area contributed by atoms with E-state index < -0.39 is 12.0 Å². The minimum absolute atomic E-state index is 0.237. The number of carbonyl (C=O) groups excluding carboxylic acids is 1. The van der Waals surface area contributed by atoms with Gasteiger partial charge in [-0.15, -0.1) is 0 Å². The number of aryl methyl sites for hydroxylation is 1. The van der Waals surface area contributed by atoms with Crippen LogP contribution in [-0.4, -0.2) is 30.2 Å². The zero-order valence-corrected chi connectivity index (χ0v) is 9.93. The van der Waals surface area contributed by atoms with E-state index in [4.69, 9.17) is 10.8 Å². The predicted molar refractivity (Wildman–Crippen MR) is 67.5 cm³/mol. The van der Waals surface area contributed by atoms with Crippen molar-refractivity contribution in [2.45, 2.75) is 25.4 Å². The second-order valence-electron chi connectivity index (χ2n) is 4.06. The Morgan fingerprint density at radius 1 is 1.29 bits per heavy atom. The van der Waals surface area contributed by atoms with Crippen LogP contribution in [0.15, 0.2) is 30.3 Å². The Bertz CT molecular complexity index is 327. The molecular formula is C13H20N2O2. The molecule has 4 nitrogen and oxygen atoms in total. The summed E-state index contributed by atoms with van der Waals surface area (Å²) in [6, 6.07) is 10.3. The molecule has 0 fully saturated rings. The molecule has 1 aromatic rings. The van der Waals surface area contributed by atoms with E-state index >= 15 is 0 Å². The van der Waals surface area contributed by atoms with Gasteiger partial charge in [0.05, 0.1) is 0 Å². The van der Waals surface area contributed by atoms with Crippen LogP contribution in [0.4, 0.5) is 0 Å². The number of amides is 1. The molecule has 0 aromatic heterocycles. The molecule has 0 saturated carbocycles. The number of nitrogens with two attached hydrogens (primary N) is 1. The highest BCUT2D eigenvalue weighted by atomic mass is 16.3. The summed E-state index contributed by atoms with van der Waals surface area (Å²) in [6.07, 6.45) is 2.08. The summed E-state index contributed by atoms with van der Waals surface area (Å²) in [5.74, 6) is -0.679. The van der Waals surface area contributed by atoms with Crippen LogP contribution in [0, 0.1) is 0 Å². The minimum Gasteiger partial charge on any atom is -0.382 e. The molecule has 0 bridgehead atoms. The Kier molecular flexibility index (Phi) is 6.29. The summed E-state index contributed by atoms with van der Waals surface area (Å²) in [5, 5.41) is 12.1. The normalized spacial score (nSPS) is 12.3. The van der Waals surface area contributed by atoms with E-state index in [1.807, 2.05) is 18.2 Å². The first-order chi connectivity index (χ1) is 8.20. The highest BCUT2D eigenvalue weighted by Gasteiger charge is 2.08. The van der Waals surface area contributed by atoms with Crippen LogP contribution in [0.2, 0.25) is 0 Å².